The van der Waals surface area contributed by atoms with Crippen molar-refractivity contribution in [2.75, 3.05) is 14.2 Å². The summed E-state index contributed by atoms with van der Waals surface area (Å²) in [7, 11) is 2.78. The number of hydrogen-bond donors (Lipinski definition) is 3. The van der Waals surface area contributed by atoms with Gasteiger partial charge in [-0.1, -0.05) is 11.6 Å². The summed E-state index contributed by atoms with van der Waals surface area (Å²) in [4.78, 5) is 13.1. The standard InChI is InChI=1S/C22H22O7/c1-11(2)5-7-13-16(27-3)10-17-18(19(13)25)20(26)22(28-4)21(29-17)12-6-8-14(23)15(24)9-12/h5-6,8-10,23-25H,7H2,1-4H3. The number of allylic oxidation sites excluding steroid dienone is 2. The smallest absolute Gasteiger partial charge is 0.239 e. The van der Waals surface area contributed by atoms with E-state index >= 15 is 0 Å². The van der Waals surface area contributed by atoms with Crippen LogP contribution in [-0.4, -0.2) is 29.5 Å². The first-order valence-corrected chi connectivity index (χ1v) is 8.87. The zero-order chi connectivity index (χ0) is 21.3. The van der Waals surface area contributed by atoms with Crippen LogP contribution in [0.1, 0.15) is 19.4 Å². The third kappa shape index (κ3) is 3.59. The largest absolute Gasteiger partial charge is 0.507 e. The molecule has 0 saturated heterocycles. The minimum atomic E-state index is -0.560. The van der Waals surface area contributed by atoms with Crippen LogP contribution in [0.3, 0.4) is 0 Å². The van der Waals surface area contributed by atoms with Gasteiger partial charge in [0.25, 0.3) is 0 Å². The zero-order valence-corrected chi connectivity index (χ0v) is 16.6. The first-order valence-electron chi connectivity index (χ1n) is 8.87. The molecular formula is C22H22O7. The molecule has 0 fully saturated rings. The Bertz CT molecular complexity index is 1170. The molecular weight excluding hydrogens is 376 g/mol. The van der Waals surface area contributed by atoms with Crippen molar-refractivity contribution >= 4 is 11.0 Å². The number of phenols is 3. The van der Waals surface area contributed by atoms with Crippen LogP contribution in [0.5, 0.6) is 28.7 Å². The van der Waals surface area contributed by atoms with E-state index in [1.807, 2.05) is 19.9 Å². The van der Waals surface area contributed by atoms with Crippen molar-refractivity contribution in [2.24, 2.45) is 0 Å². The minimum absolute atomic E-state index is 0.0217. The van der Waals surface area contributed by atoms with Gasteiger partial charge in [-0.3, -0.25) is 4.79 Å². The number of fused-ring (bicyclic) bond motifs is 1. The van der Waals surface area contributed by atoms with Crippen LogP contribution >= 0.6 is 0 Å². The first-order chi connectivity index (χ1) is 13.8. The van der Waals surface area contributed by atoms with Crippen molar-refractivity contribution in [3.63, 3.8) is 0 Å². The van der Waals surface area contributed by atoms with Crippen LogP contribution in [0.2, 0.25) is 0 Å². The van der Waals surface area contributed by atoms with Gasteiger partial charge in [-0.25, -0.2) is 0 Å². The number of benzene rings is 2. The lowest BCUT2D eigenvalue weighted by Gasteiger charge is -2.14. The van der Waals surface area contributed by atoms with Crippen molar-refractivity contribution in [1.82, 2.24) is 0 Å². The molecule has 2 aromatic carbocycles. The van der Waals surface area contributed by atoms with E-state index in [9.17, 15) is 20.1 Å². The fourth-order valence-electron chi connectivity index (χ4n) is 3.06. The predicted octanol–water partition coefficient (Wildman–Crippen LogP) is 4.10. The van der Waals surface area contributed by atoms with Crippen molar-refractivity contribution < 1.29 is 29.2 Å². The van der Waals surface area contributed by atoms with Gasteiger partial charge in [-0.2, -0.15) is 0 Å². The van der Waals surface area contributed by atoms with Gasteiger partial charge in [0.1, 0.15) is 22.5 Å². The van der Waals surface area contributed by atoms with E-state index in [4.69, 9.17) is 13.9 Å². The molecule has 0 spiro atoms. The van der Waals surface area contributed by atoms with Crippen molar-refractivity contribution in [3.8, 4) is 40.1 Å². The average molecular weight is 398 g/mol. The minimum Gasteiger partial charge on any atom is -0.507 e. The van der Waals surface area contributed by atoms with Crippen LogP contribution in [-0.2, 0) is 6.42 Å². The Labute approximate surface area is 167 Å². The molecule has 3 rings (SSSR count). The Hall–Kier alpha value is -3.61. The van der Waals surface area contributed by atoms with E-state index in [1.54, 1.807) is 0 Å². The average Bonchev–Trinajstić information content (AvgIpc) is 2.68. The molecule has 0 bridgehead atoms. The number of rotatable bonds is 5. The van der Waals surface area contributed by atoms with Crippen LogP contribution in [0.25, 0.3) is 22.3 Å². The Morgan fingerprint density at radius 2 is 1.79 bits per heavy atom. The molecule has 1 heterocycles. The van der Waals surface area contributed by atoms with Gasteiger partial charge in [0.05, 0.1) is 14.2 Å². The summed E-state index contributed by atoms with van der Waals surface area (Å²) >= 11 is 0. The van der Waals surface area contributed by atoms with Crippen molar-refractivity contribution in [2.45, 2.75) is 20.3 Å². The van der Waals surface area contributed by atoms with Gasteiger partial charge in [-0.05, 0) is 38.5 Å². The topological polar surface area (TPSA) is 109 Å². The number of aromatic hydroxyl groups is 3. The van der Waals surface area contributed by atoms with Crippen LogP contribution in [0.15, 0.2) is 45.1 Å². The molecule has 152 valence electrons. The third-order valence-electron chi connectivity index (χ3n) is 4.56. The molecule has 0 atom stereocenters. The first kappa shape index (κ1) is 20.1. The monoisotopic (exact) mass is 398 g/mol. The molecule has 0 aliphatic heterocycles. The molecule has 29 heavy (non-hydrogen) atoms. The van der Waals surface area contributed by atoms with Gasteiger partial charge in [0.15, 0.2) is 17.3 Å². The maximum Gasteiger partial charge on any atom is 0.239 e. The molecule has 3 N–H and O–H groups in total. The molecule has 0 amide bonds. The van der Waals surface area contributed by atoms with E-state index in [0.29, 0.717) is 23.3 Å². The molecule has 0 saturated carbocycles. The Morgan fingerprint density at radius 1 is 1.07 bits per heavy atom. The van der Waals surface area contributed by atoms with E-state index in [2.05, 4.69) is 0 Å². The summed E-state index contributed by atoms with van der Waals surface area (Å²) in [6, 6.07) is 5.53. The fourth-order valence-corrected chi connectivity index (χ4v) is 3.06. The SMILES string of the molecule is COc1cc2oc(-c3ccc(O)c(O)c3)c(OC)c(=O)c2c(O)c1CC=C(C)C. The maximum atomic E-state index is 13.1. The van der Waals surface area contributed by atoms with E-state index in [1.165, 1.54) is 38.5 Å². The molecule has 7 nitrogen and oxygen atoms in total. The van der Waals surface area contributed by atoms with Crippen LogP contribution in [0.4, 0.5) is 0 Å². The lowest BCUT2D eigenvalue weighted by molar-refractivity contribution is 0.392. The van der Waals surface area contributed by atoms with Gasteiger partial charge < -0.3 is 29.2 Å². The Kier molecular flexibility index (Phi) is 5.41. The summed E-state index contributed by atoms with van der Waals surface area (Å²) in [6.45, 7) is 3.86. The number of ether oxygens (including phenoxy) is 2. The molecule has 1 aromatic heterocycles. The Morgan fingerprint density at radius 3 is 2.38 bits per heavy atom. The number of hydrogen-bond acceptors (Lipinski definition) is 7. The normalized spacial score (nSPS) is 10.8. The molecule has 0 aliphatic rings. The summed E-state index contributed by atoms with van der Waals surface area (Å²) in [6.07, 6.45) is 2.29. The molecule has 3 aromatic rings. The lowest BCUT2D eigenvalue weighted by atomic mass is 10.0. The van der Waals surface area contributed by atoms with Gasteiger partial charge in [0.2, 0.25) is 11.2 Å². The zero-order valence-electron chi connectivity index (χ0n) is 16.6. The highest BCUT2D eigenvalue weighted by molar-refractivity contribution is 5.90. The van der Waals surface area contributed by atoms with Crippen LogP contribution in [0, 0.1) is 0 Å². The number of methoxy groups -OCH3 is 2. The highest BCUT2D eigenvalue weighted by Crippen LogP contribution is 2.40. The number of phenolic OH excluding ortho intramolecular Hbond substituents is 3. The predicted molar refractivity (Wildman–Crippen MR) is 109 cm³/mol. The lowest BCUT2D eigenvalue weighted by Crippen LogP contribution is -2.09. The van der Waals surface area contributed by atoms with E-state index in [-0.39, 0.29) is 39.7 Å². The van der Waals surface area contributed by atoms with Gasteiger partial charge in [-0.15, -0.1) is 0 Å². The van der Waals surface area contributed by atoms with Crippen LogP contribution < -0.4 is 14.9 Å². The third-order valence-corrected chi connectivity index (χ3v) is 4.56. The Balaban J connectivity index is 2.35. The second-order valence-electron chi connectivity index (χ2n) is 6.76. The van der Waals surface area contributed by atoms with Crippen molar-refractivity contribution in [3.05, 3.63) is 51.7 Å². The highest BCUT2D eigenvalue weighted by atomic mass is 16.5. The summed E-state index contributed by atoms with van der Waals surface area (Å²) in [5.74, 6) is -0.608. The fraction of sp³-hybridized carbons (Fsp3) is 0.227. The summed E-state index contributed by atoms with van der Waals surface area (Å²) in [5.41, 5.74) is 1.39. The van der Waals surface area contributed by atoms with Gasteiger partial charge >= 0.3 is 0 Å². The second kappa shape index (κ2) is 7.79. The molecule has 0 aliphatic carbocycles. The summed E-state index contributed by atoms with van der Waals surface area (Å²) in [5, 5.41) is 30.1. The summed E-state index contributed by atoms with van der Waals surface area (Å²) < 4.78 is 16.5. The van der Waals surface area contributed by atoms with Crippen molar-refractivity contribution in [1.29, 1.82) is 0 Å². The van der Waals surface area contributed by atoms with E-state index in [0.717, 1.165) is 5.57 Å². The molecule has 0 radical (unpaired) electrons. The quantitative estimate of drug-likeness (QED) is 0.438. The molecule has 7 heteroatoms. The van der Waals surface area contributed by atoms with E-state index < -0.39 is 5.43 Å². The van der Waals surface area contributed by atoms with Gasteiger partial charge in [0, 0.05) is 17.2 Å². The molecule has 0 unspecified atom stereocenters. The highest BCUT2D eigenvalue weighted by Gasteiger charge is 2.23. The second-order valence-corrected chi connectivity index (χ2v) is 6.76. The maximum absolute atomic E-state index is 13.1.